The molecule has 1 saturated heterocycles. The van der Waals surface area contributed by atoms with E-state index < -0.39 is 0 Å². The first kappa shape index (κ1) is 16.5. The van der Waals surface area contributed by atoms with Gasteiger partial charge in [-0.2, -0.15) is 0 Å². The Morgan fingerprint density at radius 3 is 2.14 bits per heavy atom. The smallest absolute Gasteiger partial charge is 0.0300 e. The number of aryl methyl sites for hydroxylation is 3. The summed E-state index contributed by atoms with van der Waals surface area (Å²) in [6.07, 6.45) is 4.16. The summed E-state index contributed by atoms with van der Waals surface area (Å²) >= 11 is 0. The van der Waals surface area contributed by atoms with Crippen molar-refractivity contribution in [2.75, 3.05) is 19.6 Å². The van der Waals surface area contributed by atoms with Crippen molar-refractivity contribution in [1.29, 1.82) is 0 Å². The zero-order valence-corrected chi connectivity index (χ0v) is 14.5. The summed E-state index contributed by atoms with van der Waals surface area (Å²) < 4.78 is 0. The van der Waals surface area contributed by atoms with Crippen LogP contribution in [0, 0.1) is 20.8 Å². The second-order valence-corrected chi connectivity index (χ2v) is 6.96. The van der Waals surface area contributed by atoms with Crippen molar-refractivity contribution in [1.82, 2.24) is 10.2 Å². The van der Waals surface area contributed by atoms with Crippen molar-refractivity contribution >= 4 is 0 Å². The Labute approximate surface area is 130 Å². The van der Waals surface area contributed by atoms with E-state index in [0.29, 0.717) is 12.1 Å². The molecule has 1 aliphatic rings. The molecule has 1 aromatic rings. The van der Waals surface area contributed by atoms with Crippen molar-refractivity contribution in [2.24, 2.45) is 0 Å². The summed E-state index contributed by atoms with van der Waals surface area (Å²) in [6, 6.07) is 5.56. The minimum Gasteiger partial charge on any atom is -0.306 e. The number of rotatable bonds is 5. The lowest BCUT2D eigenvalue weighted by molar-refractivity contribution is 0.205. The van der Waals surface area contributed by atoms with Crippen molar-refractivity contribution in [3.05, 3.63) is 34.4 Å². The third kappa shape index (κ3) is 4.55. The van der Waals surface area contributed by atoms with Crippen LogP contribution in [0.5, 0.6) is 0 Å². The fraction of sp³-hybridized carbons (Fsp3) is 0.684. The van der Waals surface area contributed by atoms with E-state index in [1.54, 1.807) is 0 Å². The number of nitrogens with zero attached hydrogens (tertiary/aromatic N) is 1. The Morgan fingerprint density at radius 1 is 1.00 bits per heavy atom. The van der Waals surface area contributed by atoms with Gasteiger partial charge in [-0.15, -0.1) is 0 Å². The molecule has 2 rings (SSSR count). The Balaban J connectivity index is 1.95. The Kier molecular flexibility index (Phi) is 5.83. The van der Waals surface area contributed by atoms with Crippen molar-refractivity contribution in [2.45, 2.75) is 66.0 Å². The van der Waals surface area contributed by atoms with Gasteiger partial charge in [-0.05, 0) is 77.2 Å². The van der Waals surface area contributed by atoms with Crippen LogP contribution in [-0.2, 0) is 0 Å². The summed E-state index contributed by atoms with van der Waals surface area (Å²) in [5, 5.41) is 3.80. The zero-order valence-electron chi connectivity index (χ0n) is 14.5. The largest absolute Gasteiger partial charge is 0.306 e. The van der Waals surface area contributed by atoms with Crippen molar-refractivity contribution < 1.29 is 0 Å². The van der Waals surface area contributed by atoms with Gasteiger partial charge < -0.3 is 10.2 Å². The molecule has 0 amide bonds. The molecule has 1 aliphatic heterocycles. The molecule has 1 fully saturated rings. The highest BCUT2D eigenvalue weighted by molar-refractivity contribution is 5.39. The number of benzene rings is 1. The highest BCUT2D eigenvalue weighted by atomic mass is 15.2. The summed E-state index contributed by atoms with van der Waals surface area (Å²) in [5.41, 5.74) is 5.67. The first-order valence-electron chi connectivity index (χ1n) is 8.53. The minimum atomic E-state index is 0.422. The van der Waals surface area contributed by atoms with E-state index in [4.69, 9.17) is 0 Å². The topological polar surface area (TPSA) is 15.3 Å². The van der Waals surface area contributed by atoms with E-state index in [2.05, 4.69) is 57.0 Å². The molecule has 1 aromatic carbocycles. The van der Waals surface area contributed by atoms with Crippen LogP contribution in [0.1, 0.15) is 61.4 Å². The van der Waals surface area contributed by atoms with Gasteiger partial charge >= 0.3 is 0 Å². The highest BCUT2D eigenvalue weighted by Gasteiger charge is 2.17. The number of likely N-dealkylation sites (tertiary alicyclic amines) is 1. The lowest BCUT2D eigenvalue weighted by atomic mass is 9.94. The number of hydrogen-bond acceptors (Lipinski definition) is 2. The maximum Gasteiger partial charge on any atom is 0.0300 e. The molecule has 2 unspecified atom stereocenters. The van der Waals surface area contributed by atoms with E-state index in [1.807, 2.05) is 0 Å². The van der Waals surface area contributed by atoms with Crippen LogP contribution in [-0.4, -0.2) is 30.6 Å². The van der Waals surface area contributed by atoms with E-state index in [1.165, 1.54) is 61.2 Å². The first-order valence-corrected chi connectivity index (χ1v) is 8.53. The van der Waals surface area contributed by atoms with Gasteiger partial charge in [0, 0.05) is 18.6 Å². The standard InChI is InChI=1S/C19H32N2/c1-14-11-15(2)19(16(3)12-14)18(5)20-17(4)13-21-9-7-6-8-10-21/h11-12,17-18,20H,6-10,13H2,1-5H3. The van der Waals surface area contributed by atoms with Crippen molar-refractivity contribution in [3.63, 3.8) is 0 Å². The zero-order chi connectivity index (χ0) is 15.4. The second kappa shape index (κ2) is 7.42. The Bertz CT molecular complexity index is 438. The molecule has 1 N–H and O–H groups in total. The average molecular weight is 288 g/mol. The lowest BCUT2D eigenvalue weighted by Crippen LogP contribution is -2.42. The van der Waals surface area contributed by atoms with Crippen LogP contribution in [0.2, 0.25) is 0 Å². The van der Waals surface area contributed by atoms with E-state index >= 15 is 0 Å². The molecule has 2 nitrogen and oxygen atoms in total. The molecule has 2 atom stereocenters. The molecule has 0 radical (unpaired) electrons. The lowest BCUT2D eigenvalue weighted by Gasteiger charge is -2.31. The van der Waals surface area contributed by atoms with Gasteiger partial charge in [0.05, 0.1) is 0 Å². The molecule has 0 bridgehead atoms. The van der Waals surface area contributed by atoms with E-state index in [9.17, 15) is 0 Å². The second-order valence-electron chi connectivity index (χ2n) is 6.96. The monoisotopic (exact) mass is 288 g/mol. The van der Waals surface area contributed by atoms with Gasteiger partial charge in [0.1, 0.15) is 0 Å². The Hall–Kier alpha value is -0.860. The predicted molar refractivity (Wildman–Crippen MR) is 92.0 cm³/mol. The quantitative estimate of drug-likeness (QED) is 0.876. The van der Waals surface area contributed by atoms with Gasteiger partial charge in [-0.25, -0.2) is 0 Å². The number of hydrogen-bond donors (Lipinski definition) is 1. The van der Waals surface area contributed by atoms with Crippen LogP contribution in [0.25, 0.3) is 0 Å². The molecule has 0 spiro atoms. The average Bonchev–Trinajstić information content (AvgIpc) is 2.38. The fourth-order valence-corrected chi connectivity index (χ4v) is 3.97. The molecule has 2 heteroatoms. The maximum atomic E-state index is 3.80. The first-order chi connectivity index (χ1) is 9.97. The summed E-state index contributed by atoms with van der Waals surface area (Å²) in [4.78, 5) is 2.61. The van der Waals surface area contributed by atoms with Gasteiger partial charge in [-0.3, -0.25) is 0 Å². The highest BCUT2D eigenvalue weighted by Crippen LogP contribution is 2.23. The molecule has 118 valence electrons. The van der Waals surface area contributed by atoms with Crippen LogP contribution >= 0.6 is 0 Å². The normalized spacial score (nSPS) is 19.5. The van der Waals surface area contributed by atoms with Crippen LogP contribution < -0.4 is 5.32 Å². The molecule has 0 aliphatic carbocycles. The third-order valence-corrected chi connectivity index (χ3v) is 4.69. The molecule has 21 heavy (non-hydrogen) atoms. The summed E-state index contributed by atoms with van der Waals surface area (Å²) in [5.74, 6) is 0. The van der Waals surface area contributed by atoms with Crippen LogP contribution in [0.4, 0.5) is 0 Å². The fourth-order valence-electron chi connectivity index (χ4n) is 3.97. The van der Waals surface area contributed by atoms with Crippen molar-refractivity contribution in [3.8, 4) is 0 Å². The summed E-state index contributed by atoms with van der Waals surface area (Å²) in [6.45, 7) is 15.0. The van der Waals surface area contributed by atoms with Crippen LogP contribution in [0.15, 0.2) is 12.1 Å². The minimum absolute atomic E-state index is 0.422. The SMILES string of the molecule is Cc1cc(C)c(C(C)NC(C)CN2CCCCC2)c(C)c1. The third-order valence-electron chi connectivity index (χ3n) is 4.69. The van der Waals surface area contributed by atoms with Gasteiger partial charge in [0.15, 0.2) is 0 Å². The molecular weight excluding hydrogens is 256 g/mol. The molecule has 1 heterocycles. The van der Waals surface area contributed by atoms with Gasteiger partial charge in [0.2, 0.25) is 0 Å². The van der Waals surface area contributed by atoms with E-state index in [0.717, 1.165) is 0 Å². The number of piperidine rings is 1. The Morgan fingerprint density at radius 2 is 1.57 bits per heavy atom. The van der Waals surface area contributed by atoms with E-state index in [-0.39, 0.29) is 0 Å². The van der Waals surface area contributed by atoms with Gasteiger partial charge in [-0.1, -0.05) is 24.1 Å². The predicted octanol–water partition coefficient (Wildman–Crippen LogP) is 4.14. The molecular formula is C19H32N2. The van der Waals surface area contributed by atoms with Crippen LogP contribution in [0.3, 0.4) is 0 Å². The van der Waals surface area contributed by atoms with Gasteiger partial charge in [0.25, 0.3) is 0 Å². The molecule has 0 saturated carbocycles. The number of nitrogens with one attached hydrogen (secondary N) is 1. The summed E-state index contributed by atoms with van der Waals surface area (Å²) in [7, 11) is 0. The molecule has 0 aromatic heterocycles. The maximum absolute atomic E-state index is 3.80.